The summed E-state index contributed by atoms with van der Waals surface area (Å²) in [7, 11) is 1.82. The molecule has 152 valence electrons. The lowest BCUT2D eigenvalue weighted by Gasteiger charge is -2.20. The molecule has 0 atom stereocenters. The number of nitrogens with two attached hydrogens (primary N) is 1. The molecule has 0 aliphatic heterocycles. The highest BCUT2D eigenvalue weighted by Crippen LogP contribution is 2.34. The van der Waals surface area contributed by atoms with E-state index in [4.69, 9.17) is 10.5 Å². The summed E-state index contributed by atoms with van der Waals surface area (Å²) < 4.78 is 5.31. The fourth-order valence-electron chi connectivity index (χ4n) is 3.04. The Kier molecular flexibility index (Phi) is 5.77. The number of amides is 1. The lowest BCUT2D eigenvalue weighted by molar-refractivity contribution is 0.0636. The standard InChI is InChI=1S/C22H27N5O2/c1-22(2,3)29-21(28)26-15-9-7-8-14(12-15)13-25-18-16-10-5-6-11-17(16)27-20(23)19(18)24-4/h5-12,24H,13H2,1-4H3,(H,26,28)(H3,23,25,27). The monoisotopic (exact) mass is 393 g/mol. The molecule has 5 N–H and O–H groups in total. The minimum atomic E-state index is -0.546. The number of aromatic nitrogens is 1. The summed E-state index contributed by atoms with van der Waals surface area (Å²) >= 11 is 0. The van der Waals surface area contributed by atoms with Gasteiger partial charge in [-0.15, -0.1) is 0 Å². The molecule has 0 saturated heterocycles. The van der Waals surface area contributed by atoms with Crippen LogP contribution in [0.2, 0.25) is 0 Å². The first-order chi connectivity index (χ1) is 13.8. The first-order valence-electron chi connectivity index (χ1n) is 9.45. The largest absolute Gasteiger partial charge is 0.444 e. The number of nitrogens with one attached hydrogen (secondary N) is 3. The Balaban J connectivity index is 1.80. The summed E-state index contributed by atoms with van der Waals surface area (Å²) in [4.78, 5) is 16.5. The zero-order valence-electron chi connectivity index (χ0n) is 17.2. The van der Waals surface area contributed by atoms with Gasteiger partial charge in [0.1, 0.15) is 17.1 Å². The van der Waals surface area contributed by atoms with Gasteiger partial charge in [0.15, 0.2) is 0 Å². The average Bonchev–Trinajstić information content (AvgIpc) is 2.64. The number of nitrogens with zero attached hydrogens (tertiary/aromatic N) is 1. The van der Waals surface area contributed by atoms with Crippen LogP contribution in [-0.4, -0.2) is 23.7 Å². The topological polar surface area (TPSA) is 101 Å². The predicted molar refractivity (Wildman–Crippen MR) is 119 cm³/mol. The SMILES string of the molecule is CNc1c(N)nc2ccccc2c1NCc1cccc(NC(=O)OC(C)(C)C)c1. The number of hydrogen-bond acceptors (Lipinski definition) is 6. The Morgan fingerprint density at radius 2 is 1.86 bits per heavy atom. The van der Waals surface area contributed by atoms with Gasteiger partial charge in [0.25, 0.3) is 0 Å². The van der Waals surface area contributed by atoms with Crippen LogP contribution < -0.4 is 21.7 Å². The van der Waals surface area contributed by atoms with E-state index in [0.29, 0.717) is 18.1 Å². The van der Waals surface area contributed by atoms with Crippen LogP contribution in [0, 0.1) is 0 Å². The fourth-order valence-corrected chi connectivity index (χ4v) is 3.04. The van der Waals surface area contributed by atoms with Crippen molar-refractivity contribution < 1.29 is 9.53 Å². The Morgan fingerprint density at radius 3 is 2.59 bits per heavy atom. The number of para-hydroxylation sites is 1. The number of benzene rings is 2. The number of pyridine rings is 1. The Hall–Kier alpha value is -3.48. The first-order valence-corrected chi connectivity index (χ1v) is 9.45. The second kappa shape index (κ2) is 8.26. The van der Waals surface area contributed by atoms with Crippen LogP contribution in [0.4, 0.5) is 27.7 Å². The second-order valence-corrected chi connectivity index (χ2v) is 7.70. The molecule has 0 unspecified atom stereocenters. The van der Waals surface area contributed by atoms with Gasteiger partial charge in [-0.3, -0.25) is 5.32 Å². The number of fused-ring (bicyclic) bond motifs is 1. The maximum absolute atomic E-state index is 12.0. The molecule has 1 aromatic heterocycles. The summed E-state index contributed by atoms with van der Waals surface area (Å²) in [6.45, 7) is 6.04. The maximum atomic E-state index is 12.0. The highest BCUT2D eigenvalue weighted by atomic mass is 16.6. The van der Waals surface area contributed by atoms with Gasteiger partial charge in [-0.25, -0.2) is 9.78 Å². The van der Waals surface area contributed by atoms with Crippen LogP contribution in [0.15, 0.2) is 48.5 Å². The van der Waals surface area contributed by atoms with E-state index in [-0.39, 0.29) is 0 Å². The molecule has 0 aliphatic carbocycles. The summed E-state index contributed by atoms with van der Waals surface area (Å²) in [5, 5.41) is 10.3. The maximum Gasteiger partial charge on any atom is 0.412 e. The number of hydrogen-bond donors (Lipinski definition) is 4. The number of rotatable bonds is 5. The molecular formula is C22H27N5O2. The van der Waals surface area contributed by atoms with E-state index in [1.165, 1.54) is 0 Å². The van der Waals surface area contributed by atoms with Crippen LogP contribution >= 0.6 is 0 Å². The van der Waals surface area contributed by atoms with Gasteiger partial charge in [0, 0.05) is 24.7 Å². The van der Waals surface area contributed by atoms with Crippen molar-refractivity contribution in [2.24, 2.45) is 0 Å². The Labute approximate surface area is 170 Å². The van der Waals surface area contributed by atoms with Crippen LogP contribution in [0.5, 0.6) is 0 Å². The van der Waals surface area contributed by atoms with Crippen molar-refractivity contribution in [3.8, 4) is 0 Å². The van der Waals surface area contributed by atoms with Gasteiger partial charge in [-0.05, 0) is 44.5 Å². The van der Waals surface area contributed by atoms with E-state index in [2.05, 4.69) is 20.9 Å². The van der Waals surface area contributed by atoms with Crippen molar-refractivity contribution >= 4 is 39.9 Å². The summed E-state index contributed by atoms with van der Waals surface area (Å²) in [5.41, 5.74) is 9.72. The molecular weight excluding hydrogens is 366 g/mol. The zero-order chi connectivity index (χ0) is 21.0. The van der Waals surface area contributed by atoms with Crippen LogP contribution in [0.3, 0.4) is 0 Å². The van der Waals surface area contributed by atoms with Crippen molar-refractivity contribution in [2.75, 3.05) is 28.7 Å². The molecule has 7 nitrogen and oxygen atoms in total. The number of carbonyl (C=O) groups excluding carboxylic acids is 1. The van der Waals surface area contributed by atoms with Crippen LogP contribution in [0.25, 0.3) is 10.9 Å². The molecule has 29 heavy (non-hydrogen) atoms. The van der Waals surface area contributed by atoms with Gasteiger partial charge in [-0.2, -0.15) is 0 Å². The normalized spacial score (nSPS) is 11.2. The van der Waals surface area contributed by atoms with Crippen molar-refractivity contribution in [3.05, 3.63) is 54.1 Å². The quantitative estimate of drug-likeness (QED) is 0.496. The third-order valence-corrected chi connectivity index (χ3v) is 4.21. The number of nitrogen functional groups attached to an aromatic ring is 1. The molecule has 1 heterocycles. The molecule has 0 saturated carbocycles. The fraction of sp³-hybridized carbons (Fsp3) is 0.273. The highest BCUT2D eigenvalue weighted by Gasteiger charge is 2.16. The molecule has 1 amide bonds. The number of ether oxygens (including phenoxy) is 1. The highest BCUT2D eigenvalue weighted by molar-refractivity contribution is 6.01. The number of carbonyl (C=O) groups is 1. The smallest absolute Gasteiger partial charge is 0.412 e. The second-order valence-electron chi connectivity index (χ2n) is 7.70. The molecule has 7 heteroatoms. The van der Waals surface area contributed by atoms with E-state index in [1.807, 2.05) is 76.3 Å². The Bertz CT molecular complexity index is 1030. The predicted octanol–water partition coefficient (Wildman–Crippen LogP) is 4.82. The molecule has 0 aliphatic rings. The van der Waals surface area contributed by atoms with E-state index >= 15 is 0 Å². The van der Waals surface area contributed by atoms with E-state index in [9.17, 15) is 4.79 Å². The van der Waals surface area contributed by atoms with E-state index in [0.717, 1.165) is 27.8 Å². The van der Waals surface area contributed by atoms with Crippen LogP contribution in [0.1, 0.15) is 26.3 Å². The zero-order valence-corrected chi connectivity index (χ0v) is 17.2. The van der Waals surface area contributed by atoms with Crippen molar-refractivity contribution in [1.82, 2.24) is 4.98 Å². The third kappa shape index (κ3) is 5.07. The molecule has 0 spiro atoms. The summed E-state index contributed by atoms with van der Waals surface area (Å²) in [5.74, 6) is 0.439. The van der Waals surface area contributed by atoms with Gasteiger partial charge in [0.2, 0.25) is 0 Å². The summed E-state index contributed by atoms with van der Waals surface area (Å²) in [6, 6.07) is 15.4. The van der Waals surface area contributed by atoms with Gasteiger partial charge in [0.05, 0.1) is 11.2 Å². The van der Waals surface area contributed by atoms with E-state index < -0.39 is 11.7 Å². The molecule has 2 aromatic carbocycles. The van der Waals surface area contributed by atoms with Gasteiger partial charge in [-0.1, -0.05) is 30.3 Å². The van der Waals surface area contributed by atoms with Crippen molar-refractivity contribution in [1.29, 1.82) is 0 Å². The average molecular weight is 393 g/mol. The minimum Gasteiger partial charge on any atom is -0.444 e. The van der Waals surface area contributed by atoms with Gasteiger partial charge >= 0.3 is 6.09 Å². The molecule has 0 bridgehead atoms. The Morgan fingerprint density at radius 1 is 1.10 bits per heavy atom. The summed E-state index contributed by atoms with van der Waals surface area (Å²) in [6.07, 6.45) is -0.479. The van der Waals surface area contributed by atoms with Crippen molar-refractivity contribution in [3.63, 3.8) is 0 Å². The van der Waals surface area contributed by atoms with Crippen LogP contribution in [-0.2, 0) is 11.3 Å². The van der Waals surface area contributed by atoms with E-state index in [1.54, 1.807) is 0 Å². The van der Waals surface area contributed by atoms with Crippen molar-refractivity contribution in [2.45, 2.75) is 32.9 Å². The lowest BCUT2D eigenvalue weighted by atomic mass is 10.1. The van der Waals surface area contributed by atoms with Gasteiger partial charge < -0.3 is 21.1 Å². The minimum absolute atomic E-state index is 0.439. The molecule has 0 fully saturated rings. The third-order valence-electron chi connectivity index (χ3n) is 4.21. The molecule has 3 aromatic rings. The molecule has 0 radical (unpaired) electrons. The first kappa shape index (κ1) is 20.3. The number of anilines is 4. The molecule has 3 rings (SSSR count). The lowest BCUT2D eigenvalue weighted by Crippen LogP contribution is -2.27.